The van der Waals surface area contributed by atoms with E-state index in [0.29, 0.717) is 27.5 Å². The molecular weight excluding hydrogens is 464 g/mol. The molecule has 0 aromatic heterocycles. The van der Waals surface area contributed by atoms with Gasteiger partial charge < -0.3 is 10.1 Å². The minimum atomic E-state index is -4.05. The molecule has 0 radical (unpaired) electrons. The van der Waals surface area contributed by atoms with E-state index in [2.05, 4.69) is 10.1 Å². The number of hydrogen-bond donors (Lipinski definition) is 1. The van der Waals surface area contributed by atoms with Gasteiger partial charge in [0.05, 0.1) is 23.3 Å². The summed E-state index contributed by atoms with van der Waals surface area (Å²) < 4.78 is 32.7. The van der Waals surface area contributed by atoms with Crippen molar-refractivity contribution in [3.8, 4) is 0 Å². The molecule has 0 aliphatic rings. The Morgan fingerprint density at radius 3 is 2.18 bits per heavy atom. The van der Waals surface area contributed by atoms with Crippen LogP contribution < -0.4 is 9.62 Å². The van der Waals surface area contributed by atoms with Crippen molar-refractivity contribution >= 4 is 44.9 Å². The maximum Gasteiger partial charge on any atom is 0.337 e. The molecule has 7 nitrogen and oxygen atoms in total. The predicted octanol–water partition coefficient (Wildman–Crippen LogP) is 4.58. The van der Waals surface area contributed by atoms with Crippen LogP contribution in [0.1, 0.15) is 21.5 Å². The molecule has 0 fully saturated rings. The first-order valence-corrected chi connectivity index (χ1v) is 11.8. The summed E-state index contributed by atoms with van der Waals surface area (Å²) in [5.74, 6) is -1.05. The molecule has 33 heavy (non-hydrogen) atoms. The number of sulfonamides is 1. The lowest BCUT2D eigenvalue weighted by Crippen LogP contribution is -2.38. The second-order valence-corrected chi connectivity index (χ2v) is 9.67. The van der Waals surface area contributed by atoms with Crippen LogP contribution in [-0.4, -0.2) is 33.9 Å². The van der Waals surface area contributed by atoms with Gasteiger partial charge in [-0.25, -0.2) is 13.2 Å². The number of aryl methyl sites for hydroxylation is 2. The van der Waals surface area contributed by atoms with E-state index < -0.39 is 28.4 Å². The molecule has 3 aromatic rings. The summed E-state index contributed by atoms with van der Waals surface area (Å²) in [6, 6.07) is 17.3. The zero-order chi connectivity index (χ0) is 24.2. The lowest BCUT2D eigenvalue weighted by Gasteiger charge is -2.26. The summed E-state index contributed by atoms with van der Waals surface area (Å²) >= 11 is 6.05. The highest BCUT2D eigenvalue weighted by atomic mass is 35.5. The molecule has 0 bridgehead atoms. The summed E-state index contributed by atoms with van der Waals surface area (Å²) in [4.78, 5) is 24.5. The molecule has 1 N–H and O–H groups in total. The third-order valence-electron chi connectivity index (χ3n) is 4.91. The molecule has 0 unspecified atom stereocenters. The second kappa shape index (κ2) is 10.1. The minimum absolute atomic E-state index is 0.0673. The number of methoxy groups -OCH3 is 1. The number of nitrogens with one attached hydrogen (secondary N) is 1. The SMILES string of the molecule is COC(=O)c1ccc(NC(=O)CN(c2ccc(Cl)cc2C)S(=O)(=O)c2ccc(C)cc2)cc1. The van der Waals surface area contributed by atoms with E-state index in [0.717, 1.165) is 9.87 Å². The third kappa shape index (κ3) is 5.71. The molecule has 3 rings (SSSR count). The first-order chi connectivity index (χ1) is 15.6. The lowest BCUT2D eigenvalue weighted by atomic mass is 10.2. The van der Waals surface area contributed by atoms with Crippen LogP contribution in [0.2, 0.25) is 5.02 Å². The van der Waals surface area contributed by atoms with Gasteiger partial charge in [0.2, 0.25) is 5.91 Å². The number of carbonyl (C=O) groups excluding carboxylic acids is 2. The Balaban J connectivity index is 1.92. The largest absolute Gasteiger partial charge is 0.465 e. The summed E-state index contributed by atoms with van der Waals surface area (Å²) in [6.07, 6.45) is 0. The van der Waals surface area contributed by atoms with Crippen LogP contribution in [-0.2, 0) is 19.6 Å². The average Bonchev–Trinajstić information content (AvgIpc) is 2.78. The van der Waals surface area contributed by atoms with Crippen LogP contribution in [0.25, 0.3) is 0 Å². The number of halogens is 1. The highest BCUT2D eigenvalue weighted by Gasteiger charge is 2.28. The van der Waals surface area contributed by atoms with Gasteiger partial charge in [-0.1, -0.05) is 29.3 Å². The van der Waals surface area contributed by atoms with Crippen LogP contribution in [0.15, 0.2) is 71.6 Å². The molecule has 0 atom stereocenters. The molecule has 0 saturated carbocycles. The van der Waals surface area contributed by atoms with Gasteiger partial charge in [-0.3, -0.25) is 9.10 Å². The molecule has 3 aromatic carbocycles. The lowest BCUT2D eigenvalue weighted by molar-refractivity contribution is -0.114. The zero-order valence-corrected chi connectivity index (χ0v) is 19.9. The van der Waals surface area contributed by atoms with Crippen LogP contribution in [0.5, 0.6) is 0 Å². The number of hydrogen-bond acceptors (Lipinski definition) is 5. The maximum atomic E-state index is 13.5. The van der Waals surface area contributed by atoms with Gasteiger partial charge in [-0.2, -0.15) is 0 Å². The number of anilines is 2. The van der Waals surface area contributed by atoms with Gasteiger partial charge in [0.1, 0.15) is 6.54 Å². The normalized spacial score (nSPS) is 11.0. The Bertz CT molecular complexity index is 1270. The van der Waals surface area contributed by atoms with Crippen molar-refractivity contribution in [3.05, 3.63) is 88.4 Å². The first-order valence-electron chi connectivity index (χ1n) is 9.95. The van der Waals surface area contributed by atoms with E-state index in [1.807, 2.05) is 6.92 Å². The molecule has 9 heteroatoms. The number of carbonyl (C=O) groups is 2. The van der Waals surface area contributed by atoms with Crippen LogP contribution in [0.4, 0.5) is 11.4 Å². The van der Waals surface area contributed by atoms with Gasteiger partial charge >= 0.3 is 5.97 Å². The molecule has 0 heterocycles. The molecule has 0 aliphatic heterocycles. The fraction of sp³-hybridized carbons (Fsp3) is 0.167. The number of amides is 1. The predicted molar refractivity (Wildman–Crippen MR) is 128 cm³/mol. The Kier molecular flexibility index (Phi) is 7.40. The molecule has 0 spiro atoms. The number of benzene rings is 3. The van der Waals surface area contributed by atoms with Crippen LogP contribution >= 0.6 is 11.6 Å². The fourth-order valence-corrected chi connectivity index (χ4v) is 4.89. The maximum absolute atomic E-state index is 13.5. The molecule has 0 saturated heterocycles. The topological polar surface area (TPSA) is 92.8 Å². The second-order valence-electron chi connectivity index (χ2n) is 7.37. The van der Waals surface area contributed by atoms with E-state index in [1.54, 1.807) is 37.3 Å². The van der Waals surface area contributed by atoms with Gasteiger partial charge in [-0.05, 0) is 74.0 Å². The van der Waals surface area contributed by atoms with Gasteiger partial charge in [0.25, 0.3) is 10.0 Å². The van der Waals surface area contributed by atoms with Crippen LogP contribution in [0.3, 0.4) is 0 Å². The standard InChI is InChI=1S/C24H23ClN2O5S/c1-16-4-11-21(12-5-16)33(30,31)27(22-13-8-19(25)14-17(22)2)15-23(28)26-20-9-6-18(7-10-20)24(29)32-3/h4-14H,15H2,1-3H3,(H,26,28). The minimum Gasteiger partial charge on any atom is -0.465 e. The molecule has 1 amide bonds. The van der Waals surface area contributed by atoms with Gasteiger partial charge in [0.15, 0.2) is 0 Å². The summed E-state index contributed by atoms with van der Waals surface area (Å²) in [6.45, 7) is 3.12. The first kappa shape index (κ1) is 24.3. The Hall–Kier alpha value is -3.36. The number of rotatable bonds is 7. The number of esters is 1. The zero-order valence-electron chi connectivity index (χ0n) is 18.3. The average molecular weight is 487 g/mol. The Morgan fingerprint density at radius 1 is 0.970 bits per heavy atom. The van der Waals surface area contributed by atoms with Crippen molar-refractivity contribution in [2.45, 2.75) is 18.7 Å². The van der Waals surface area contributed by atoms with E-state index in [9.17, 15) is 18.0 Å². The summed E-state index contributed by atoms with van der Waals surface area (Å²) in [5, 5.41) is 3.12. The van der Waals surface area contributed by atoms with Crippen LogP contribution in [0, 0.1) is 13.8 Å². The highest BCUT2D eigenvalue weighted by molar-refractivity contribution is 7.92. The number of nitrogens with zero attached hydrogens (tertiary/aromatic N) is 1. The Morgan fingerprint density at radius 2 is 1.61 bits per heavy atom. The van der Waals surface area contributed by atoms with Crippen molar-refractivity contribution in [2.75, 3.05) is 23.3 Å². The molecular formula is C24H23ClN2O5S. The molecule has 0 aliphatic carbocycles. The Labute approximate surface area is 198 Å². The number of ether oxygens (including phenoxy) is 1. The monoisotopic (exact) mass is 486 g/mol. The summed E-state index contributed by atoms with van der Waals surface area (Å²) in [5.41, 5.74) is 2.60. The quantitative estimate of drug-likeness (QED) is 0.493. The third-order valence-corrected chi connectivity index (χ3v) is 6.92. The fourth-order valence-electron chi connectivity index (χ4n) is 3.17. The summed E-state index contributed by atoms with van der Waals surface area (Å²) in [7, 11) is -2.77. The van der Waals surface area contributed by atoms with E-state index in [1.165, 1.54) is 43.5 Å². The van der Waals surface area contributed by atoms with E-state index in [-0.39, 0.29) is 4.90 Å². The van der Waals surface area contributed by atoms with E-state index in [4.69, 9.17) is 11.6 Å². The van der Waals surface area contributed by atoms with Gasteiger partial charge in [0, 0.05) is 10.7 Å². The van der Waals surface area contributed by atoms with Gasteiger partial charge in [-0.15, -0.1) is 0 Å². The van der Waals surface area contributed by atoms with Crippen molar-refractivity contribution in [1.29, 1.82) is 0 Å². The van der Waals surface area contributed by atoms with Crippen molar-refractivity contribution < 1.29 is 22.7 Å². The van der Waals surface area contributed by atoms with Crippen molar-refractivity contribution in [2.24, 2.45) is 0 Å². The highest BCUT2D eigenvalue weighted by Crippen LogP contribution is 2.29. The smallest absolute Gasteiger partial charge is 0.337 e. The van der Waals surface area contributed by atoms with Crippen molar-refractivity contribution in [1.82, 2.24) is 0 Å². The van der Waals surface area contributed by atoms with Crippen molar-refractivity contribution in [3.63, 3.8) is 0 Å². The van der Waals surface area contributed by atoms with E-state index >= 15 is 0 Å². The molecule has 172 valence electrons.